The van der Waals surface area contributed by atoms with Gasteiger partial charge in [-0.15, -0.1) is 0 Å². The maximum atomic E-state index is 13.8. The molecule has 0 saturated carbocycles. The quantitative estimate of drug-likeness (QED) is 0.501. The Morgan fingerprint density at radius 2 is 1.97 bits per heavy atom. The minimum absolute atomic E-state index is 0.0111. The molecule has 4 rings (SSSR count). The Morgan fingerprint density at radius 3 is 2.59 bits per heavy atom. The van der Waals surface area contributed by atoms with Crippen molar-refractivity contribution >= 4 is 23.4 Å². The van der Waals surface area contributed by atoms with Crippen molar-refractivity contribution in [3.05, 3.63) is 24.3 Å². The summed E-state index contributed by atoms with van der Waals surface area (Å²) in [5, 5.41) is 15.3. The summed E-state index contributed by atoms with van der Waals surface area (Å²) in [7, 11) is 1.57. The van der Waals surface area contributed by atoms with Gasteiger partial charge >= 0.3 is 0 Å². The fourth-order valence-corrected chi connectivity index (χ4v) is 6.16. The molecule has 9 nitrogen and oxygen atoms in total. The molecule has 2 bridgehead atoms. The minimum Gasteiger partial charge on any atom is -0.497 e. The van der Waals surface area contributed by atoms with E-state index in [0.29, 0.717) is 30.8 Å². The number of carbonyl (C=O) groups is 3. The van der Waals surface area contributed by atoms with E-state index in [1.54, 1.807) is 31.4 Å². The zero-order valence-corrected chi connectivity index (χ0v) is 20.3. The van der Waals surface area contributed by atoms with Crippen LogP contribution in [-0.4, -0.2) is 71.8 Å². The van der Waals surface area contributed by atoms with Crippen molar-refractivity contribution in [2.24, 2.45) is 17.8 Å². The van der Waals surface area contributed by atoms with Gasteiger partial charge in [-0.2, -0.15) is 0 Å². The zero-order chi connectivity index (χ0) is 24.7. The van der Waals surface area contributed by atoms with E-state index >= 15 is 0 Å². The number of aliphatic hydroxyl groups excluding tert-OH is 1. The van der Waals surface area contributed by atoms with Crippen molar-refractivity contribution in [2.45, 2.75) is 57.3 Å². The van der Waals surface area contributed by atoms with Crippen molar-refractivity contribution in [1.82, 2.24) is 10.2 Å². The second-order valence-corrected chi connectivity index (χ2v) is 9.82. The third-order valence-corrected chi connectivity index (χ3v) is 7.81. The van der Waals surface area contributed by atoms with Gasteiger partial charge in [-0.3, -0.25) is 14.4 Å². The molecule has 1 aromatic carbocycles. The molecule has 3 fully saturated rings. The maximum Gasteiger partial charge on any atom is 0.250 e. The van der Waals surface area contributed by atoms with Gasteiger partial charge in [0.05, 0.1) is 24.5 Å². The Kier molecular flexibility index (Phi) is 6.61. The van der Waals surface area contributed by atoms with Gasteiger partial charge in [0.25, 0.3) is 0 Å². The number of nitrogens with one attached hydrogen (secondary N) is 2. The molecule has 3 aliphatic heterocycles. The van der Waals surface area contributed by atoms with Crippen LogP contribution >= 0.6 is 0 Å². The number of nitrogens with zero attached hydrogens (tertiary/aromatic N) is 1. The predicted octanol–water partition coefficient (Wildman–Crippen LogP) is 1.55. The Balaban J connectivity index is 1.70. The SMILES string of the molecule is CCCNC(=O)[C@H]1[C@H]2C(=O)N(CCCO)C(C(=O)Nc3ccc(OC)cc3)C23CC(C)[C@]1(C)O3. The number of hydrogen-bond acceptors (Lipinski definition) is 6. The lowest BCUT2D eigenvalue weighted by molar-refractivity contribution is -0.146. The summed E-state index contributed by atoms with van der Waals surface area (Å²) in [5.74, 6) is -1.57. The molecule has 1 aromatic rings. The third kappa shape index (κ3) is 3.65. The smallest absolute Gasteiger partial charge is 0.250 e. The lowest BCUT2D eigenvalue weighted by Crippen LogP contribution is -2.54. The van der Waals surface area contributed by atoms with Crippen LogP contribution in [0.1, 0.15) is 40.0 Å². The summed E-state index contributed by atoms with van der Waals surface area (Å²) in [4.78, 5) is 42.2. The molecule has 0 aromatic heterocycles. The fraction of sp³-hybridized carbons (Fsp3) is 0.640. The van der Waals surface area contributed by atoms with Crippen molar-refractivity contribution in [1.29, 1.82) is 0 Å². The predicted molar refractivity (Wildman–Crippen MR) is 125 cm³/mol. The highest BCUT2D eigenvalue weighted by atomic mass is 16.5. The average molecular weight is 474 g/mol. The molecule has 3 aliphatic rings. The van der Waals surface area contributed by atoms with Gasteiger partial charge < -0.3 is 30.1 Å². The average Bonchev–Trinajstić information content (AvgIpc) is 3.33. The topological polar surface area (TPSA) is 117 Å². The van der Waals surface area contributed by atoms with Crippen molar-refractivity contribution < 1.29 is 29.0 Å². The zero-order valence-electron chi connectivity index (χ0n) is 20.3. The van der Waals surface area contributed by atoms with Gasteiger partial charge in [-0.25, -0.2) is 0 Å². The van der Waals surface area contributed by atoms with E-state index in [9.17, 15) is 19.5 Å². The van der Waals surface area contributed by atoms with Gasteiger partial charge in [0, 0.05) is 25.4 Å². The van der Waals surface area contributed by atoms with Crippen molar-refractivity contribution in [3.8, 4) is 5.75 Å². The summed E-state index contributed by atoms with van der Waals surface area (Å²) in [6.07, 6.45) is 1.62. The second-order valence-electron chi connectivity index (χ2n) is 9.82. The Hall–Kier alpha value is -2.65. The Morgan fingerprint density at radius 1 is 1.26 bits per heavy atom. The van der Waals surface area contributed by atoms with Crippen LogP contribution in [0, 0.1) is 17.8 Å². The monoisotopic (exact) mass is 473 g/mol. The molecule has 3 amide bonds. The first-order valence-corrected chi connectivity index (χ1v) is 12.1. The number of rotatable bonds is 9. The van der Waals surface area contributed by atoms with E-state index in [-0.39, 0.29) is 36.8 Å². The van der Waals surface area contributed by atoms with Crippen LogP contribution in [0.4, 0.5) is 5.69 Å². The highest BCUT2D eigenvalue weighted by Crippen LogP contribution is 2.65. The number of carbonyl (C=O) groups excluding carboxylic acids is 3. The number of fused-ring (bicyclic) bond motifs is 1. The van der Waals surface area contributed by atoms with Crippen LogP contribution in [-0.2, 0) is 19.1 Å². The van der Waals surface area contributed by atoms with Crippen LogP contribution in [0.2, 0.25) is 0 Å². The molecule has 3 saturated heterocycles. The van der Waals surface area contributed by atoms with Crippen LogP contribution in [0.3, 0.4) is 0 Å². The van der Waals surface area contributed by atoms with Crippen LogP contribution in [0.15, 0.2) is 24.3 Å². The molecule has 34 heavy (non-hydrogen) atoms. The van der Waals surface area contributed by atoms with Gasteiger partial charge in [0.2, 0.25) is 17.7 Å². The maximum absolute atomic E-state index is 13.8. The first kappa shape index (κ1) is 24.5. The van der Waals surface area contributed by atoms with Gasteiger partial charge in [-0.1, -0.05) is 13.8 Å². The molecule has 3 N–H and O–H groups in total. The van der Waals surface area contributed by atoms with E-state index in [1.165, 1.54) is 4.90 Å². The van der Waals surface area contributed by atoms with E-state index < -0.39 is 29.1 Å². The van der Waals surface area contributed by atoms with Crippen molar-refractivity contribution in [3.63, 3.8) is 0 Å². The van der Waals surface area contributed by atoms with E-state index in [1.807, 2.05) is 20.8 Å². The molecule has 9 heteroatoms. The number of methoxy groups -OCH3 is 1. The lowest BCUT2D eigenvalue weighted by Gasteiger charge is -2.36. The Bertz CT molecular complexity index is 952. The number of aliphatic hydroxyl groups is 1. The van der Waals surface area contributed by atoms with Gasteiger partial charge in [-0.05, 0) is 56.4 Å². The number of hydrogen-bond donors (Lipinski definition) is 3. The molecular formula is C25H35N3O6. The molecule has 0 radical (unpaired) electrons. The molecule has 186 valence electrons. The molecule has 0 aliphatic carbocycles. The van der Waals surface area contributed by atoms with Crippen LogP contribution in [0.5, 0.6) is 5.75 Å². The minimum atomic E-state index is -1.09. The second kappa shape index (κ2) is 9.19. The summed E-state index contributed by atoms with van der Waals surface area (Å²) >= 11 is 0. The highest BCUT2D eigenvalue weighted by molar-refractivity contribution is 6.03. The van der Waals surface area contributed by atoms with Gasteiger partial charge in [0.15, 0.2) is 0 Å². The van der Waals surface area contributed by atoms with E-state index in [2.05, 4.69) is 10.6 Å². The number of benzene rings is 1. The highest BCUT2D eigenvalue weighted by Gasteiger charge is 2.79. The van der Waals surface area contributed by atoms with E-state index in [4.69, 9.17) is 9.47 Å². The summed E-state index contributed by atoms with van der Waals surface area (Å²) in [5.41, 5.74) is -1.35. The summed E-state index contributed by atoms with van der Waals surface area (Å²) in [6, 6.07) is 6.06. The molecule has 3 unspecified atom stereocenters. The van der Waals surface area contributed by atoms with E-state index in [0.717, 1.165) is 6.42 Å². The van der Waals surface area contributed by atoms with Crippen LogP contribution < -0.4 is 15.4 Å². The number of ether oxygens (including phenoxy) is 2. The van der Waals surface area contributed by atoms with Crippen molar-refractivity contribution in [2.75, 3.05) is 32.1 Å². The summed E-state index contributed by atoms with van der Waals surface area (Å²) < 4.78 is 11.8. The summed E-state index contributed by atoms with van der Waals surface area (Å²) in [6.45, 7) is 6.51. The standard InChI is InChI=1S/C25H35N3O6/c1-5-11-26-21(30)18-19-23(32)28(12-6-13-29)20(25(19)14-15(2)24(18,3)34-25)22(31)27-16-7-9-17(33-4)10-8-16/h7-10,15,18-20,29H,5-6,11-14H2,1-4H3,(H,26,30)(H,27,31)/t15?,18-,19+,20?,24+,25?/m1/s1. The van der Waals surface area contributed by atoms with Gasteiger partial charge in [0.1, 0.15) is 17.4 Å². The molecule has 1 spiro atoms. The number of likely N-dealkylation sites (tertiary alicyclic amines) is 1. The fourth-order valence-electron chi connectivity index (χ4n) is 6.16. The molecular weight excluding hydrogens is 438 g/mol. The normalized spacial score (nSPS) is 33.7. The molecule has 3 heterocycles. The largest absolute Gasteiger partial charge is 0.497 e. The molecule has 6 atom stereocenters. The number of amides is 3. The first-order valence-electron chi connectivity index (χ1n) is 12.1. The number of anilines is 1. The van der Waals surface area contributed by atoms with Crippen LogP contribution in [0.25, 0.3) is 0 Å². The first-order chi connectivity index (χ1) is 16.2. The Labute approximate surface area is 200 Å². The third-order valence-electron chi connectivity index (χ3n) is 7.81. The lowest BCUT2D eigenvalue weighted by atomic mass is 9.62.